The largest absolute Gasteiger partial charge is 0.300 e. The molecule has 1 aromatic rings. The zero-order valence-corrected chi connectivity index (χ0v) is 13.7. The van der Waals surface area contributed by atoms with Crippen LogP contribution >= 0.6 is 11.3 Å². The molecule has 3 rings (SSSR count). The molecule has 2 unspecified atom stereocenters. The molecule has 2 fully saturated rings. The number of thiazole rings is 1. The normalized spacial score (nSPS) is 30.1. The number of likely N-dealkylation sites (tertiary alicyclic amines) is 2. The molecule has 2 aliphatic rings. The van der Waals surface area contributed by atoms with Gasteiger partial charge in [-0.25, -0.2) is 4.98 Å². The molecule has 20 heavy (non-hydrogen) atoms. The molecule has 2 aliphatic heterocycles. The SMILES string of the molecule is CCC(C)N1CCC2(CCCN(Cc3nccs3)C2)C1. The lowest BCUT2D eigenvalue weighted by Gasteiger charge is -2.40. The highest BCUT2D eigenvalue weighted by molar-refractivity contribution is 7.09. The van der Waals surface area contributed by atoms with Crippen LogP contribution in [0.3, 0.4) is 0 Å². The molecule has 4 heteroatoms. The van der Waals surface area contributed by atoms with Gasteiger partial charge in [-0.05, 0) is 51.1 Å². The van der Waals surface area contributed by atoms with Crippen molar-refractivity contribution in [2.24, 2.45) is 5.41 Å². The Morgan fingerprint density at radius 2 is 2.25 bits per heavy atom. The van der Waals surface area contributed by atoms with E-state index >= 15 is 0 Å². The minimum atomic E-state index is 0.568. The second-order valence-corrected chi connectivity index (χ2v) is 7.70. The first-order chi connectivity index (χ1) is 9.71. The lowest BCUT2D eigenvalue weighted by atomic mass is 9.79. The van der Waals surface area contributed by atoms with Gasteiger partial charge in [0.2, 0.25) is 0 Å². The first-order valence-electron chi connectivity index (χ1n) is 8.05. The molecule has 0 N–H and O–H groups in total. The van der Waals surface area contributed by atoms with Crippen LogP contribution < -0.4 is 0 Å². The third-order valence-corrected chi connectivity index (χ3v) is 6.03. The van der Waals surface area contributed by atoms with Gasteiger partial charge in [0, 0.05) is 30.7 Å². The van der Waals surface area contributed by atoms with Crippen molar-refractivity contribution >= 4 is 11.3 Å². The van der Waals surface area contributed by atoms with Gasteiger partial charge in [-0.2, -0.15) is 0 Å². The predicted octanol–water partition coefficient (Wildman–Crippen LogP) is 3.23. The molecule has 0 aromatic carbocycles. The number of hydrogen-bond donors (Lipinski definition) is 0. The monoisotopic (exact) mass is 293 g/mol. The summed E-state index contributed by atoms with van der Waals surface area (Å²) in [6, 6.07) is 0.753. The van der Waals surface area contributed by atoms with Crippen molar-refractivity contribution in [3.05, 3.63) is 16.6 Å². The fourth-order valence-corrected chi connectivity index (χ4v) is 4.56. The van der Waals surface area contributed by atoms with E-state index in [1.165, 1.54) is 56.9 Å². The molecule has 2 saturated heterocycles. The maximum absolute atomic E-state index is 4.45. The van der Waals surface area contributed by atoms with Crippen molar-refractivity contribution in [1.82, 2.24) is 14.8 Å². The average molecular weight is 293 g/mol. The van der Waals surface area contributed by atoms with E-state index in [9.17, 15) is 0 Å². The minimum absolute atomic E-state index is 0.568. The highest BCUT2D eigenvalue weighted by Gasteiger charge is 2.42. The second-order valence-electron chi connectivity index (χ2n) is 6.72. The van der Waals surface area contributed by atoms with E-state index in [4.69, 9.17) is 0 Å². The van der Waals surface area contributed by atoms with Gasteiger partial charge in [0.05, 0.1) is 6.54 Å². The number of nitrogens with zero attached hydrogens (tertiary/aromatic N) is 3. The zero-order valence-electron chi connectivity index (χ0n) is 12.8. The summed E-state index contributed by atoms with van der Waals surface area (Å²) in [6.45, 7) is 10.9. The average Bonchev–Trinajstić information content (AvgIpc) is 3.09. The molecule has 0 amide bonds. The Balaban J connectivity index is 1.60. The molecule has 112 valence electrons. The van der Waals surface area contributed by atoms with Gasteiger partial charge in [0.25, 0.3) is 0 Å². The molecular formula is C16H27N3S. The quantitative estimate of drug-likeness (QED) is 0.849. The lowest BCUT2D eigenvalue weighted by Crippen LogP contribution is -2.45. The van der Waals surface area contributed by atoms with E-state index in [2.05, 4.69) is 34.0 Å². The van der Waals surface area contributed by atoms with Crippen molar-refractivity contribution in [3.63, 3.8) is 0 Å². The van der Waals surface area contributed by atoms with Gasteiger partial charge in [0.15, 0.2) is 0 Å². The molecule has 2 atom stereocenters. The van der Waals surface area contributed by atoms with Crippen molar-refractivity contribution in [2.45, 2.75) is 52.1 Å². The second kappa shape index (κ2) is 6.12. The van der Waals surface area contributed by atoms with Crippen molar-refractivity contribution in [2.75, 3.05) is 26.2 Å². The van der Waals surface area contributed by atoms with Gasteiger partial charge in [-0.1, -0.05) is 6.92 Å². The number of rotatable bonds is 4. The molecule has 1 spiro atoms. The molecule has 1 aromatic heterocycles. The number of piperidine rings is 1. The fourth-order valence-electron chi connectivity index (χ4n) is 3.90. The maximum Gasteiger partial charge on any atom is 0.107 e. The standard InChI is InChI=1S/C16H27N3S/c1-3-14(2)19-9-6-16(13-19)5-4-8-18(12-16)11-15-17-7-10-20-15/h7,10,14H,3-6,8-9,11-13H2,1-2H3. The Kier molecular flexibility index (Phi) is 4.43. The van der Waals surface area contributed by atoms with Crippen LogP contribution in [0.15, 0.2) is 11.6 Å². The van der Waals surface area contributed by atoms with Crippen LogP contribution in [-0.4, -0.2) is 47.0 Å². The third-order valence-electron chi connectivity index (χ3n) is 5.26. The highest BCUT2D eigenvalue weighted by Crippen LogP contribution is 2.40. The van der Waals surface area contributed by atoms with Gasteiger partial charge in [-0.15, -0.1) is 11.3 Å². The molecule has 0 aliphatic carbocycles. The van der Waals surface area contributed by atoms with E-state index in [0.717, 1.165) is 12.6 Å². The molecular weight excluding hydrogens is 266 g/mol. The fraction of sp³-hybridized carbons (Fsp3) is 0.812. The summed E-state index contributed by atoms with van der Waals surface area (Å²) in [5.41, 5.74) is 0.568. The van der Waals surface area contributed by atoms with Crippen molar-refractivity contribution in [3.8, 4) is 0 Å². The summed E-state index contributed by atoms with van der Waals surface area (Å²) in [6.07, 6.45) is 7.39. The Morgan fingerprint density at radius 3 is 3.00 bits per heavy atom. The zero-order chi connectivity index (χ0) is 14.0. The van der Waals surface area contributed by atoms with Gasteiger partial charge in [-0.3, -0.25) is 4.90 Å². The Morgan fingerprint density at radius 1 is 1.35 bits per heavy atom. The van der Waals surface area contributed by atoms with Gasteiger partial charge in [0.1, 0.15) is 5.01 Å². The summed E-state index contributed by atoms with van der Waals surface area (Å²) in [5, 5.41) is 3.37. The summed E-state index contributed by atoms with van der Waals surface area (Å²) in [7, 11) is 0. The smallest absolute Gasteiger partial charge is 0.107 e. The lowest BCUT2D eigenvalue weighted by molar-refractivity contribution is 0.0823. The highest BCUT2D eigenvalue weighted by atomic mass is 32.1. The van der Waals surface area contributed by atoms with E-state index in [1.54, 1.807) is 11.3 Å². The first-order valence-corrected chi connectivity index (χ1v) is 8.93. The Hall–Kier alpha value is -0.450. The maximum atomic E-state index is 4.45. The number of aromatic nitrogens is 1. The summed E-state index contributed by atoms with van der Waals surface area (Å²) >= 11 is 1.79. The van der Waals surface area contributed by atoms with E-state index < -0.39 is 0 Å². The van der Waals surface area contributed by atoms with Crippen LogP contribution in [0, 0.1) is 5.41 Å². The molecule has 3 heterocycles. The van der Waals surface area contributed by atoms with E-state index in [-0.39, 0.29) is 0 Å². The van der Waals surface area contributed by atoms with Crippen LogP contribution in [0.1, 0.15) is 44.5 Å². The Labute approximate surface area is 127 Å². The van der Waals surface area contributed by atoms with Crippen molar-refractivity contribution in [1.29, 1.82) is 0 Å². The first kappa shape index (κ1) is 14.5. The topological polar surface area (TPSA) is 19.4 Å². The van der Waals surface area contributed by atoms with Gasteiger partial charge < -0.3 is 4.90 Å². The van der Waals surface area contributed by atoms with Crippen molar-refractivity contribution < 1.29 is 0 Å². The van der Waals surface area contributed by atoms with E-state index in [0.29, 0.717) is 5.41 Å². The van der Waals surface area contributed by atoms with Crippen LogP contribution in [0.5, 0.6) is 0 Å². The summed E-state index contributed by atoms with van der Waals surface area (Å²) in [5.74, 6) is 0. The predicted molar refractivity (Wildman–Crippen MR) is 85.0 cm³/mol. The van der Waals surface area contributed by atoms with Crippen LogP contribution in [0.25, 0.3) is 0 Å². The minimum Gasteiger partial charge on any atom is -0.300 e. The molecule has 0 saturated carbocycles. The van der Waals surface area contributed by atoms with Crippen LogP contribution in [-0.2, 0) is 6.54 Å². The summed E-state index contributed by atoms with van der Waals surface area (Å²) in [4.78, 5) is 9.80. The molecule has 0 bridgehead atoms. The van der Waals surface area contributed by atoms with E-state index in [1.807, 2.05) is 6.20 Å². The molecule has 3 nitrogen and oxygen atoms in total. The van der Waals surface area contributed by atoms with Gasteiger partial charge >= 0.3 is 0 Å². The van der Waals surface area contributed by atoms with Crippen LogP contribution in [0.2, 0.25) is 0 Å². The number of hydrogen-bond acceptors (Lipinski definition) is 4. The summed E-state index contributed by atoms with van der Waals surface area (Å²) < 4.78 is 0. The molecule has 0 radical (unpaired) electrons. The van der Waals surface area contributed by atoms with Crippen LogP contribution in [0.4, 0.5) is 0 Å². The Bertz CT molecular complexity index is 419. The third kappa shape index (κ3) is 3.07.